The van der Waals surface area contributed by atoms with Crippen molar-refractivity contribution in [3.8, 4) is 0 Å². The van der Waals surface area contributed by atoms with Crippen LogP contribution in [0.5, 0.6) is 0 Å². The SMILES string of the molecule is O=C(CCN1CCCc2ccccc21)NCCc1cccc(Cl)c1. The second kappa shape index (κ2) is 8.20. The molecule has 1 N–H and O–H groups in total. The molecular formula is C20H23ClN2O. The van der Waals surface area contributed by atoms with E-state index in [1.165, 1.54) is 11.3 Å². The molecule has 2 aromatic rings. The number of halogens is 1. The summed E-state index contributed by atoms with van der Waals surface area (Å²) in [5.74, 6) is 0.111. The van der Waals surface area contributed by atoms with Crippen molar-refractivity contribution in [2.24, 2.45) is 0 Å². The molecule has 3 nitrogen and oxygen atoms in total. The van der Waals surface area contributed by atoms with Gasteiger partial charge in [-0.05, 0) is 48.6 Å². The second-order valence-corrected chi connectivity index (χ2v) is 6.64. The number of hydrogen-bond acceptors (Lipinski definition) is 2. The van der Waals surface area contributed by atoms with E-state index in [0.29, 0.717) is 13.0 Å². The van der Waals surface area contributed by atoms with Gasteiger partial charge in [0, 0.05) is 36.8 Å². The van der Waals surface area contributed by atoms with E-state index in [2.05, 4.69) is 34.5 Å². The topological polar surface area (TPSA) is 32.3 Å². The zero-order valence-electron chi connectivity index (χ0n) is 13.8. The van der Waals surface area contributed by atoms with Crippen molar-refractivity contribution in [1.29, 1.82) is 0 Å². The Labute approximate surface area is 148 Å². The Balaban J connectivity index is 1.43. The maximum atomic E-state index is 12.1. The number of aryl methyl sites for hydroxylation is 1. The Hall–Kier alpha value is -2.00. The lowest BCUT2D eigenvalue weighted by Gasteiger charge is -2.31. The van der Waals surface area contributed by atoms with E-state index >= 15 is 0 Å². The highest BCUT2D eigenvalue weighted by Gasteiger charge is 2.16. The molecule has 0 spiro atoms. The third-order valence-electron chi connectivity index (χ3n) is 4.44. The van der Waals surface area contributed by atoms with Gasteiger partial charge in [-0.1, -0.05) is 41.9 Å². The lowest BCUT2D eigenvalue weighted by Crippen LogP contribution is -2.34. The minimum absolute atomic E-state index is 0.111. The van der Waals surface area contributed by atoms with Crippen molar-refractivity contribution >= 4 is 23.2 Å². The van der Waals surface area contributed by atoms with Gasteiger partial charge in [0.1, 0.15) is 0 Å². The van der Waals surface area contributed by atoms with E-state index in [1.807, 2.05) is 24.3 Å². The molecule has 2 aromatic carbocycles. The first-order valence-corrected chi connectivity index (χ1v) is 8.94. The van der Waals surface area contributed by atoms with Gasteiger partial charge in [0.25, 0.3) is 0 Å². The predicted octanol–water partition coefficient (Wildman–Crippen LogP) is 3.84. The molecule has 0 bridgehead atoms. The van der Waals surface area contributed by atoms with E-state index in [4.69, 9.17) is 11.6 Å². The van der Waals surface area contributed by atoms with Gasteiger partial charge in [-0.25, -0.2) is 0 Å². The van der Waals surface area contributed by atoms with Crippen LogP contribution in [0.3, 0.4) is 0 Å². The van der Waals surface area contributed by atoms with E-state index in [9.17, 15) is 4.79 Å². The summed E-state index contributed by atoms with van der Waals surface area (Å²) in [4.78, 5) is 14.4. The first kappa shape index (κ1) is 16.8. The number of anilines is 1. The van der Waals surface area contributed by atoms with Crippen LogP contribution >= 0.6 is 11.6 Å². The van der Waals surface area contributed by atoms with Gasteiger partial charge in [0.15, 0.2) is 0 Å². The van der Waals surface area contributed by atoms with Gasteiger partial charge in [0.2, 0.25) is 5.91 Å². The maximum Gasteiger partial charge on any atom is 0.221 e. The first-order chi connectivity index (χ1) is 11.7. The molecule has 0 radical (unpaired) electrons. The molecule has 0 fully saturated rings. The Kier molecular flexibility index (Phi) is 5.76. The van der Waals surface area contributed by atoms with E-state index in [1.54, 1.807) is 0 Å². The smallest absolute Gasteiger partial charge is 0.221 e. The van der Waals surface area contributed by atoms with Crippen LogP contribution in [0.15, 0.2) is 48.5 Å². The quantitative estimate of drug-likeness (QED) is 0.865. The predicted molar refractivity (Wildman–Crippen MR) is 99.8 cm³/mol. The van der Waals surface area contributed by atoms with Crippen LogP contribution in [0, 0.1) is 0 Å². The maximum absolute atomic E-state index is 12.1. The third-order valence-corrected chi connectivity index (χ3v) is 4.68. The number of para-hydroxylation sites is 1. The van der Waals surface area contributed by atoms with E-state index in [0.717, 1.165) is 42.9 Å². The standard InChI is InChI=1S/C20H23ClN2O/c21-18-8-3-5-16(15-18)10-12-22-20(24)11-14-23-13-4-7-17-6-1-2-9-19(17)23/h1-3,5-6,8-9,15H,4,7,10-14H2,(H,22,24). The van der Waals surface area contributed by atoms with Crippen LogP contribution in [0.2, 0.25) is 5.02 Å². The lowest BCUT2D eigenvalue weighted by molar-refractivity contribution is -0.120. The number of nitrogens with one attached hydrogen (secondary N) is 1. The van der Waals surface area contributed by atoms with Crippen LogP contribution in [0.25, 0.3) is 0 Å². The fraction of sp³-hybridized carbons (Fsp3) is 0.350. The largest absolute Gasteiger partial charge is 0.371 e. The molecule has 1 amide bonds. The number of amides is 1. The second-order valence-electron chi connectivity index (χ2n) is 6.20. The summed E-state index contributed by atoms with van der Waals surface area (Å²) in [7, 11) is 0. The molecule has 0 aliphatic carbocycles. The zero-order chi connectivity index (χ0) is 16.8. The lowest BCUT2D eigenvalue weighted by atomic mass is 10.0. The molecular weight excluding hydrogens is 320 g/mol. The van der Waals surface area contributed by atoms with Crippen LogP contribution in [0.4, 0.5) is 5.69 Å². The molecule has 1 heterocycles. The fourth-order valence-electron chi connectivity index (χ4n) is 3.21. The van der Waals surface area contributed by atoms with Crippen LogP contribution < -0.4 is 10.2 Å². The average Bonchev–Trinajstić information content (AvgIpc) is 2.60. The monoisotopic (exact) mass is 342 g/mol. The average molecular weight is 343 g/mol. The molecule has 0 saturated heterocycles. The normalized spacial score (nSPS) is 13.5. The van der Waals surface area contributed by atoms with Crippen molar-refractivity contribution in [1.82, 2.24) is 5.32 Å². The van der Waals surface area contributed by atoms with E-state index in [-0.39, 0.29) is 5.91 Å². The molecule has 4 heteroatoms. The third kappa shape index (κ3) is 4.51. The Morgan fingerprint density at radius 2 is 2.04 bits per heavy atom. The first-order valence-electron chi connectivity index (χ1n) is 8.56. The van der Waals surface area contributed by atoms with Gasteiger partial charge in [-0.2, -0.15) is 0 Å². The molecule has 126 valence electrons. The van der Waals surface area contributed by atoms with E-state index < -0.39 is 0 Å². The number of nitrogens with zero attached hydrogens (tertiary/aromatic N) is 1. The summed E-state index contributed by atoms with van der Waals surface area (Å²) in [5, 5.41) is 3.74. The van der Waals surface area contributed by atoms with Gasteiger partial charge < -0.3 is 10.2 Å². The molecule has 1 aliphatic rings. The number of benzene rings is 2. The van der Waals surface area contributed by atoms with Crippen molar-refractivity contribution < 1.29 is 4.79 Å². The number of carbonyl (C=O) groups is 1. The molecule has 0 atom stereocenters. The molecule has 24 heavy (non-hydrogen) atoms. The van der Waals surface area contributed by atoms with Gasteiger partial charge in [-0.3, -0.25) is 4.79 Å². The van der Waals surface area contributed by atoms with Crippen molar-refractivity contribution in [2.45, 2.75) is 25.7 Å². The van der Waals surface area contributed by atoms with Crippen LogP contribution in [-0.4, -0.2) is 25.5 Å². The van der Waals surface area contributed by atoms with Crippen molar-refractivity contribution in [3.05, 3.63) is 64.7 Å². The highest BCUT2D eigenvalue weighted by molar-refractivity contribution is 6.30. The Morgan fingerprint density at radius 3 is 2.92 bits per heavy atom. The molecule has 0 unspecified atom stereocenters. The van der Waals surface area contributed by atoms with Crippen LogP contribution in [0.1, 0.15) is 24.0 Å². The van der Waals surface area contributed by atoms with Crippen LogP contribution in [-0.2, 0) is 17.6 Å². The Bertz CT molecular complexity index is 702. The summed E-state index contributed by atoms with van der Waals surface area (Å²) in [6.45, 7) is 2.46. The minimum Gasteiger partial charge on any atom is -0.371 e. The summed E-state index contributed by atoms with van der Waals surface area (Å²) >= 11 is 5.97. The molecule has 0 aromatic heterocycles. The summed E-state index contributed by atoms with van der Waals surface area (Å²) < 4.78 is 0. The number of rotatable bonds is 6. The summed E-state index contributed by atoms with van der Waals surface area (Å²) in [5.41, 5.74) is 3.83. The number of hydrogen-bond donors (Lipinski definition) is 1. The minimum atomic E-state index is 0.111. The van der Waals surface area contributed by atoms with Crippen molar-refractivity contribution in [3.63, 3.8) is 0 Å². The highest BCUT2D eigenvalue weighted by atomic mass is 35.5. The highest BCUT2D eigenvalue weighted by Crippen LogP contribution is 2.26. The van der Waals surface area contributed by atoms with Gasteiger partial charge in [0.05, 0.1) is 0 Å². The molecule has 1 aliphatic heterocycles. The molecule has 3 rings (SSSR count). The number of carbonyl (C=O) groups excluding carboxylic acids is 1. The summed E-state index contributed by atoms with van der Waals surface area (Å²) in [6.07, 6.45) is 3.63. The van der Waals surface area contributed by atoms with Crippen molar-refractivity contribution in [2.75, 3.05) is 24.5 Å². The summed E-state index contributed by atoms with van der Waals surface area (Å²) in [6, 6.07) is 16.3. The Morgan fingerprint density at radius 1 is 1.17 bits per heavy atom. The fourth-order valence-corrected chi connectivity index (χ4v) is 3.42. The van der Waals surface area contributed by atoms with Gasteiger partial charge in [-0.15, -0.1) is 0 Å². The van der Waals surface area contributed by atoms with Gasteiger partial charge >= 0.3 is 0 Å². The zero-order valence-corrected chi connectivity index (χ0v) is 14.6. The molecule has 0 saturated carbocycles. The number of fused-ring (bicyclic) bond motifs is 1.